The minimum atomic E-state index is -0.981. The van der Waals surface area contributed by atoms with Crippen molar-refractivity contribution in [2.24, 2.45) is 5.92 Å². The predicted molar refractivity (Wildman–Crippen MR) is 133 cm³/mol. The lowest BCUT2D eigenvalue weighted by molar-refractivity contribution is -0.156. The molecular formula is C27H34N2O8. The first-order valence-electron chi connectivity index (χ1n) is 12.3. The molecule has 1 aromatic carbocycles. The molecule has 0 aliphatic heterocycles. The summed E-state index contributed by atoms with van der Waals surface area (Å²) in [5, 5.41) is 2.59. The van der Waals surface area contributed by atoms with Gasteiger partial charge in [0.25, 0.3) is 5.91 Å². The topological polar surface area (TPSA) is 122 Å². The van der Waals surface area contributed by atoms with Crippen molar-refractivity contribution in [1.82, 2.24) is 10.3 Å². The molecule has 200 valence electrons. The maximum absolute atomic E-state index is 13.0. The van der Waals surface area contributed by atoms with Crippen molar-refractivity contribution in [3.8, 4) is 17.2 Å². The molecule has 1 aromatic heterocycles. The second-order valence-electron chi connectivity index (χ2n) is 8.87. The van der Waals surface area contributed by atoms with Gasteiger partial charge in [-0.2, -0.15) is 0 Å². The van der Waals surface area contributed by atoms with E-state index in [1.165, 1.54) is 33.2 Å². The molecule has 3 rings (SSSR count). The van der Waals surface area contributed by atoms with E-state index in [-0.39, 0.29) is 29.2 Å². The number of carbonyl (C=O) groups excluding carboxylic acids is 3. The molecule has 10 heteroatoms. The second-order valence-corrected chi connectivity index (χ2v) is 8.87. The van der Waals surface area contributed by atoms with Crippen LogP contribution < -0.4 is 19.5 Å². The van der Waals surface area contributed by atoms with Crippen molar-refractivity contribution in [3.05, 3.63) is 48.3 Å². The molecule has 10 nitrogen and oxygen atoms in total. The van der Waals surface area contributed by atoms with E-state index in [0.717, 1.165) is 25.7 Å². The molecule has 0 radical (unpaired) electrons. The highest BCUT2D eigenvalue weighted by atomic mass is 16.7. The lowest BCUT2D eigenvalue weighted by Gasteiger charge is -2.30. The van der Waals surface area contributed by atoms with Crippen molar-refractivity contribution >= 4 is 17.8 Å². The molecule has 0 unspecified atom stereocenters. The van der Waals surface area contributed by atoms with E-state index in [4.69, 9.17) is 23.7 Å². The van der Waals surface area contributed by atoms with Crippen LogP contribution in [-0.4, -0.2) is 55.0 Å². The van der Waals surface area contributed by atoms with Gasteiger partial charge in [0.1, 0.15) is 24.0 Å². The zero-order chi connectivity index (χ0) is 26.8. The zero-order valence-electron chi connectivity index (χ0n) is 21.6. The summed E-state index contributed by atoms with van der Waals surface area (Å²) in [6.45, 7) is 4.13. The number of rotatable bonds is 12. The van der Waals surface area contributed by atoms with Crippen LogP contribution in [0.5, 0.6) is 17.2 Å². The Morgan fingerprint density at radius 3 is 2.43 bits per heavy atom. The monoisotopic (exact) mass is 514 g/mol. The van der Waals surface area contributed by atoms with Gasteiger partial charge in [-0.15, -0.1) is 0 Å². The van der Waals surface area contributed by atoms with Gasteiger partial charge in [0.05, 0.1) is 7.11 Å². The van der Waals surface area contributed by atoms with Gasteiger partial charge in [0.15, 0.2) is 17.2 Å². The zero-order valence-corrected chi connectivity index (χ0v) is 21.6. The predicted octanol–water partition coefficient (Wildman–Crippen LogP) is 3.68. The highest BCUT2D eigenvalue weighted by Gasteiger charge is 2.34. The second kappa shape index (κ2) is 13.5. The minimum absolute atomic E-state index is 0.0183. The molecule has 1 aliphatic carbocycles. The number of carbonyl (C=O) groups is 3. The average Bonchev–Trinajstić information content (AvgIpc) is 3.42. The van der Waals surface area contributed by atoms with Gasteiger partial charge in [0, 0.05) is 19.2 Å². The number of nitrogens with zero attached hydrogens (tertiary/aromatic N) is 1. The van der Waals surface area contributed by atoms with E-state index < -0.39 is 36.8 Å². The average molecular weight is 515 g/mol. The Morgan fingerprint density at radius 1 is 1.08 bits per heavy atom. The molecule has 37 heavy (non-hydrogen) atoms. The van der Waals surface area contributed by atoms with Crippen LogP contribution in [0.1, 0.15) is 56.9 Å². The van der Waals surface area contributed by atoms with E-state index in [9.17, 15) is 14.4 Å². The quantitative estimate of drug-likeness (QED) is 0.334. The summed E-state index contributed by atoms with van der Waals surface area (Å²) in [6, 6.07) is 9.97. The number of ether oxygens (including phenoxy) is 5. The molecule has 1 fully saturated rings. The minimum Gasteiger partial charge on any atom is -0.493 e. The molecule has 3 atom stereocenters. The van der Waals surface area contributed by atoms with Gasteiger partial charge >= 0.3 is 11.9 Å². The molecule has 1 heterocycles. The first-order valence-corrected chi connectivity index (χ1v) is 12.3. The van der Waals surface area contributed by atoms with Crippen LogP contribution in [0.15, 0.2) is 42.6 Å². The van der Waals surface area contributed by atoms with Crippen LogP contribution in [0, 0.1) is 5.92 Å². The Hall–Kier alpha value is -3.82. The third-order valence-corrected chi connectivity index (χ3v) is 6.11. The number of pyridine rings is 1. The van der Waals surface area contributed by atoms with Crippen molar-refractivity contribution in [2.45, 2.75) is 64.7 Å². The molecule has 0 spiro atoms. The van der Waals surface area contributed by atoms with E-state index in [1.807, 2.05) is 37.3 Å². The number of aromatic nitrogens is 1. The summed E-state index contributed by atoms with van der Waals surface area (Å²) < 4.78 is 27.4. The van der Waals surface area contributed by atoms with Crippen molar-refractivity contribution < 1.29 is 38.1 Å². The van der Waals surface area contributed by atoms with E-state index in [2.05, 4.69) is 10.3 Å². The van der Waals surface area contributed by atoms with Crippen molar-refractivity contribution in [3.63, 3.8) is 0 Å². The molecule has 1 amide bonds. The smallest absolute Gasteiger partial charge is 0.328 e. The molecule has 0 bridgehead atoms. The van der Waals surface area contributed by atoms with Gasteiger partial charge in [-0.05, 0) is 44.7 Å². The molecule has 2 aromatic rings. The lowest BCUT2D eigenvalue weighted by Crippen LogP contribution is -2.45. The fourth-order valence-corrected chi connectivity index (χ4v) is 4.26. The summed E-state index contributed by atoms with van der Waals surface area (Å²) >= 11 is 0. The number of hydrogen-bond acceptors (Lipinski definition) is 9. The first-order chi connectivity index (χ1) is 17.8. The van der Waals surface area contributed by atoms with Gasteiger partial charge < -0.3 is 29.0 Å². The molecule has 1 N–H and O–H groups in total. The van der Waals surface area contributed by atoms with Gasteiger partial charge in [-0.1, -0.05) is 31.0 Å². The van der Waals surface area contributed by atoms with Gasteiger partial charge in [-0.25, -0.2) is 9.78 Å². The Bertz CT molecular complexity index is 1060. The van der Waals surface area contributed by atoms with Crippen molar-refractivity contribution in [1.29, 1.82) is 0 Å². The van der Waals surface area contributed by atoms with E-state index >= 15 is 0 Å². The summed E-state index contributed by atoms with van der Waals surface area (Å²) in [7, 11) is 1.40. The normalized spacial score (nSPS) is 15.7. The highest BCUT2D eigenvalue weighted by molar-refractivity contribution is 5.98. The number of methoxy groups -OCH3 is 1. The standard InChI is InChI=1S/C27H34N2O8/c1-17(29-26(31)23-25(35-16-34-19(3)30)22(33-4)14-15-28-23)27(32)36-18(2)24(20-10-8-9-11-20)37-21-12-6-5-7-13-21/h5-7,12-15,17-18,20,24H,8-11,16H2,1-4H3,(H,29,31)/t17-,18-,24-/m0/s1. The molecular weight excluding hydrogens is 480 g/mol. The Balaban J connectivity index is 1.66. The number of nitrogens with one attached hydrogen (secondary N) is 1. The van der Waals surface area contributed by atoms with Crippen molar-refractivity contribution in [2.75, 3.05) is 13.9 Å². The maximum Gasteiger partial charge on any atom is 0.328 e. The Kier molecular flexibility index (Phi) is 10.1. The fraction of sp³-hybridized carbons (Fsp3) is 0.481. The highest BCUT2D eigenvalue weighted by Crippen LogP contribution is 2.33. The summed E-state index contributed by atoms with van der Waals surface area (Å²) in [5.41, 5.74) is -0.129. The van der Waals surface area contributed by atoms with Crippen LogP contribution in [0.3, 0.4) is 0 Å². The van der Waals surface area contributed by atoms with Crippen LogP contribution in [0.25, 0.3) is 0 Å². The first kappa shape index (κ1) is 27.8. The Labute approximate surface area is 216 Å². The summed E-state index contributed by atoms with van der Waals surface area (Å²) in [6.07, 6.45) is 4.76. The number of amides is 1. The largest absolute Gasteiger partial charge is 0.493 e. The van der Waals surface area contributed by atoms with Crippen LogP contribution in [0.4, 0.5) is 0 Å². The number of benzene rings is 1. The van der Waals surface area contributed by atoms with E-state index in [0.29, 0.717) is 5.75 Å². The van der Waals surface area contributed by atoms with Crippen LogP contribution in [-0.2, 0) is 19.1 Å². The SMILES string of the molecule is COc1ccnc(C(=O)N[C@@H](C)C(=O)O[C@@H](C)[C@H](Oc2ccccc2)C2CCCC2)c1OCOC(C)=O. The number of hydrogen-bond donors (Lipinski definition) is 1. The number of esters is 2. The van der Waals surface area contributed by atoms with E-state index in [1.54, 1.807) is 0 Å². The Morgan fingerprint density at radius 2 is 1.78 bits per heavy atom. The molecule has 1 aliphatic rings. The van der Waals surface area contributed by atoms with Crippen LogP contribution >= 0.6 is 0 Å². The lowest BCUT2D eigenvalue weighted by atomic mass is 9.96. The third kappa shape index (κ3) is 7.83. The summed E-state index contributed by atoms with van der Waals surface area (Å²) in [4.78, 5) is 41.0. The van der Waals surface area contributed by atoms with Gasteiger partial charge in [-0.3, -0.25) is 9.59 Å². The summed E-state index contributed by atoms with van der Waals surface area (Å²) in [5.74, 6) is -0.650. The third-order valence-electron chi connectivity index (χ3n) is 6.11. The van der Waals surface area contributed by atoms with Crippen LogP contribution in [0.2, 0.25) is 0 Å². The fourth-order valence-electron chi connectivity index (χ4n) is 4.26. The maximum atomic E-state index is 13.0. The number of para-hydroxylation sites is 1. The molecule has 0 saturated heterocycles. The van der Waals surface area contributed by atoms with Gasteiger partial charge in [0.2, 0.25) is 6.79 Å². The molecule has 1 saturated carbocycles.